The number of sulfone groups is 1. The number of sulfonamides is 1. The van der Waals surface area contributed by atoms with Gasteiger partial charge in [0.15, 0.2) is 9.84 Å². The van der Waals surface area contributed by atoms with Crippen molar-refractivity contribution in [2.24, 2.45) is 0 Å². The molecule has 0 atom stereocenters. The summed E-state index contributed by atoms with van der Waals surface area (Å²) in [6.07, 6.45) is 0. The van der Waals surface area contributed by atoms with Crippen molar-refractivity contribution in [1.29, 1.82) is 0 Å². The minimum absolute atomic E-state index is 0.0970. The molecular weight excluding hydrogens is 548 g/mol. The molecular formula is C29H34N4O5S2. The van der Waals surface area contributed by atoms with E-state index in [9.17, 15) is 21.6 Å². The number of para-hydroxylation sites is 1. The maximum atomic E-state index is 13.5. The standard InChI is InChI=1S/C29H34N4O5S2/c1-4-32(5-2)40(37,38)25-17-15-24(16-18-25)31-29(34)30-19-20-39(35,36)28-22(3)33(21-23-11-7-6-8-12-23)27-14-10-9-13-26(27)28/h6-18H,4-5,19-21H2,1-3H3,(H2,30,31,34). The number of carbonyl (C=O) groups excluding carboxylic acids is 1. The van der Waals surface area contributed by atoms with Crippen LogP contribution in [0.15, 0.2) is 88.7 Å². The maximum absolute atomic E-state index is 13.5. The molecule has 1 heterocycles. The highest BCUT2D eigenvalue weighted by atomic mass is 32.2. The molecule has 0 aliphatic carbocycles. The van der Waals surface area contributed by atoms with Gasteiger partial charge >= 0.3 is 6.03 Å². The molecule has 4 aromatic rings. The minimum Gasteiger partial charge on any atom is -0.339 e. The molecule has 2 amide bonds. The van der Waals surface area contributed by atoms with Crippen LogP contribution in [0.3, 0.4) is 0 Å². The number of rotatable bonds is 11. The Balaban J connectivity index is 1.43. The molecule has 0 bridgehead atoms. The van der Waals surface area contributed by atoms with Gasteiger partial charge in [-0.3, -0.25) is 0 Å². The van der Waals surface area contributed by atoms with Gasteiger partial charge in [0, 0.05) is 48.5 Å². The lowest BCUT2D eigenvalue weighted by atomic mass is 10.2. The van der Waals surface area contributed by atoms with Gasteiger partial charge in [0.25, 0.3) is 0 Å². The van der Waals surface area contributed by atoms with E-state index in [-0.39, 0.29) is 22.1 Å². The van der Waals surface area contributed by atoms with Crippen LogP contribution in [0.2, 0.25) is 0 Å². The third-order valence-corrected chi connectivity index (χ3v) is 10.7. The SMILES string of the molecule is CCN(CC)S(=O)(=O)c1ccc(NC(=O)NCCS(=O)(=O)c2c(C)n(Cc3ccccc3)c3ccccc23)cc1. The van der Waals surface area contributed by atoms with Gasteiger partial charge in [-0.25, -0.2) is 21.6 Å². The second kappa shape index (κ2) is 12.2. The van der Waals surface area contributed by atoms with E-state index in [0.29, 0.717) is 36.4 Å². The van der Waals surface area contributed by atoms with Gasteiger partial charge in [-0.15, -0.1) is 0 Å². The molecule has 0 saturated heterocycles. The fraction of sp³-hybridized carbons (Fsp3) is 0.276. The van der Waals surface area contributed by atoms with Crippen LogP contribution in [0.25, 0.3) is 10.9 Å². The molecule has 40 heavy (non-hydrogen) atoms. The van der Waals surface area contributed by atoms with Gasteiger partial charge in [0.1, 0.15) is 0 Å². The third kappa shape index (κ3) is 6.22. The zero-order valence-electron chi connectivity index (χ0n) is 22.8. The Morgan fingerprint density at radius 2 is 1.48 bits per heavy atom. The van der Waals surface area contributed by atoms with Crippen LogP contribution in [0.4, 0.5) is 10.5 Å². The third-order valence-electron chi connectivity index (χ3n) is 6.78. The molecule has 2 N–H and O–H groups in total. The average molecular weight is 583 g/mol. The first kappa shape index (κ1) is 29.3. The Kier molecular flexibility index (Phi) is 8.97. The molecule has 4 rings (SSSR count). The predicted molar refractivity (Wildman–Crippen MR) is 158 cm³/mol. The lowest BCUT2D eigenvalue weighted by Crippen LogP contribution is -2.33. The van der Waals surface area contributed by atoms with E-state index in [1.54, 1.807) is 26.8 Å². The number of hydrogen-bond donors (Lipinski definition) is 2. The molecule has 0 aliphatic heterocycles. The van der Waals surface area contributed by atoms with E-state index in [1.165, 1.54) is 28.6 Å². The summed E-state index contributed by atoms with van der Waals surface area (Å²) in [6, 6.07) is 22.5. The van der Waals surface area contributed by atoms with E-state index in [1.807, 2.05) is 53.1 Å². The Morgan fingerprint density at radius 1 is 0.850 bits per heavy atom. The summed E-state index contributed by atoms with van der Waals surface area (Å²) in [7, 11) is -7.33. The number of urea groups is 1. The maximum Gasteiger partial charge on any atom is 0.319 e. The minimum atomic E-state index is -3.73. The Morgan fingerprint density at radius 3 is 2.12 bits per heavy atom. The molecule has 0 spiro atoms. The van der Waals surface area contributed by atoms with Crippen molar-refractivity contribution < 1.29 is 21.6 Å². The van der Waals surface area contributed by atoms with Crippen LogP contribution in [0, 0.1) is 6.92 Å². The van der Waals surface area contributed by atoms with E-state index in [4.69, 9.17) is 0 Å². The van der Waals surface area contributed by atoms with Crippen LogP contribution in [-0.4, -0.2) is 57.1 Å². The zero-order chi connectivity index (χ0) is 28.9. The molecule has 3 aromatic carbocycles. The van der Waals surface area contributed by atoms with Crippen molar-refractivity contribution in [3.63, 3.8) is 0 Å². The summed E-state index contributed by atoms with van der Waals surface area (Å²) >= 11 is 0. The predicted octanol–water partition coefficient (Wildman–Crippen LogP) is 4.62. The van der Waals surface area contributed by atoms with Crippen LogP contribution >= 0.6 is 0 Å². The van der Waals surface area contributed by atoms with E-state index in [0.717, 1.165) is 11.1 Å². The average Bonchev–Trinajstić information content (AvgIpc) is 3.21. The van der Waals surface area contributed by atoms with Gasteiger partial charge in [0.05, 0.1) is 15.5 Å². The molecule has 9 nitrogen and oxygen atoms in total. The van der Waals surface area contributed by atoms with E-state index in [2.05, 4.69) is 10.6 Å². The molecule has 0 aliphatic rings. The number of nitrogens with zero attached hydrogens (tertiary/aromatic N) is 2. The number of aromatic nitrogens is 1. The van der Waals surface area contributed by atoms with Gasteiger partial charge in [-0.2, -0.15) is 4.31 Å². The van der Waals surface area contributed by atoms with Crippen molar-refractivity contribution in [2.45, 2.75) is 37.1 Å². The molecule has 0 radical (unpaired) electrons. The molecule has 1 aromatic heterocycles. The number of hydrogen-bond acceptors (Lipinski definition) is 5. The number of carbonyl (C=O) groups is 1. The van der Waals surface area contributed by atoms with Gasteiger partial charge in [-0.1, -0.05) is 62.4 Å². The van der Waals surface area contributed by atoms with Crippen molar-refractivity contribution in [3.8, 4) is 0 Å². The second-order valence-electron chi connectivity index (χ2n) is 9.32. The number of anilines is 1. The van der Waals surface area contributed by atoms with Crippen LogP contribution in [0.1, 0.15) is 25.1 Å². The normalized spacial score (nSPS) is 12.1. The Hall–Kier alpha value is -3.67. The van der Waals surface area contributed by atoms with Crippen molar-refractivity contribution >= 4 is 42.5 Å². The summed E-state index contributed by atoms with van der Waals surface area (Å²) in [6.45, 7) is 6.50. The zero-order valence-corrected chi connectivity index (χ0v) is 24.4. The largest absolute Gasteiger partial charge is 0.339 e. The first-order valence-electron chi connectivity index (χ1n) is 13.1. The van der Waals surface area contributed by atoms with Crippen LogP contribution in [0.5, 0.6) is 0 Å². The van der Waals surface area contributed by atoms with E-state index < -0.39 is 25.9 Å². The second-order valence-corrected chi connectivity index (χ2v) is 13.3. The highest BCUT2D eigenvalue weighted by Crippen LogP contribution is 2.31. The number of amides is 2. The number of benzene rings is 3. The van der Waals surface area contributed by atoms with Crippen molar-refractivity contribution in [3.05, 3.63) is 90.1 Å². The van der Waals surface area contributed by atoms with Crippen molar-refractivity contribution in [1.82, 2.24) is 14.2 Å². The summed E-state index contributed by atoms with van der Waals surface area (Å²) in [5, 5.41) is 5.86. The van der Waals surface area contributed by atoms with Gasteiger partial charge < -0.3 is 15.2 Å². The smallest absolute Gasteiger partial charge is 0.319 e. The fourth-order valence-corrected chi connectivity index (χ4v) is 7.86. The monoisotopic (exact) mass is 582 g/mol. The lowest BCUT2D eigenvalue weighted by Gasteiger charge is -2.18. The Labute approximate surface area is 235 Å². The highest BCUT2D eigenvalue weighted by Gasteiger charge is 2.25. The summed E-state index contributed by atoms with van der Waals surface area (Å²) < 4.78 is 55.6. The van der Waals surface area contributed by atoms with E-state index >= 15 is 0 Å². The first-order chi connectivity index (χ1) is 19.1. The molecule has 0 fully saturated rings. The lowest BCUT2D eigenvalue weighted by molar-refractivity contribution is 0.252. The fourth-order valence-electron chi connectivity index (χ4n) is 4.76. The van der Waals surface area contributed by atoms with Crippen LogP contribution < -0.4 is 10.6 Å². The number of fused-ring (bicyclic) bond motifs is 1. The highest BCUT2D eigenvalue weighted by molar-refractivity contribution is 7.91. The van der Waals surface area contributed by atoms with Crippen molar-refractivity contribution in [2.75, 3.05) is 30.7 Å². The summed E-state index contributed by atoms with van der Waals surface area (Å²) in [4.78, 5) is 12.9. The summed E-state index contributed by atoms with van der Waals surface area (Å²) in [5.74, 6) is -0.276. The van der Waals surface area contributed by atoms with Crippen LogP contribution in [-0.2, 0) is 26.4 Å². The molecule has 0 saturated carbocycles. The molecule has 212 valence electrons. The summed E-state index contributed by atoms with van der Waals surface area (Å²) in [5.41, 5.74) is 2.93. The molecule has 0 unspecified atom stereocenters. The van der Waals surface area contributed by atoms with Gasteiger partial charge in [0.2, 0.25) is 10.0 Å². The molecule has 11 heteroatoms. The number of nitrogens with one attached hydrogen (secondary N) is 2. The quantitative estimate of drug-likeness (QED) is 0.268. The first-order valence-corrected chi connectivity index (χ1v) is 16.2. The van der Waals surface area contributed by atoms with Gasteiger partial charge in [-0.05, 0) is 42.8 Å². The Bertz CT molecular complexity index is 1690. The topological polar surface area (TPSA) is 118 Å².